The van der Waals surface area contributed by atoms with E-state index >= 15 is 0 Å². The summed E-state index contributed by atoms with van der Waals surface area (Å²) in [6.45, 7) is 30.4. The van der Waals surface area contributed by atoms with E-state index in [-0.39, 0.29) is 29.6 Å². The Labute approximate surface area is 418 Å². The molecule has 15 heteroatoms. The van der Waals surface area contributed by atoms with Crippen LogP contribution in [-0.4, -0.2) is 102 Å². The molecule has 1 aliphatic heterocycles. The molecular weight excluding hydrogens is 914 g/mol. The number of nitrogens with zero attached hydrogens (tertiary/aromatic N) is 6. The normalized spacial score (nSPS) is 18.5. The maximum Gasteiger partial charge on any atom is 0.251 e. The number of benzene rings is 4. The van der Waals surface area contributed by atoms with Crippen molar-refractivity contribution in [3.8, 4) is 5.75 Å². The highest BCUT2D eigenvalue weighted by molar-refractivity contribution is 7.50. The summed E-state index contributed by atoms with van der Waals surface area (Å²) >= 11 is 0. The SMILES string of the molecule is CNC(=O)c1ccccc1.[C-]#[N+]CCCP(OC1[C@@H](COC(c2ccccc2)(c2ccc(C)cc2)c2ccc(OC)cc2)O[C@@H](n2cnc3cncnc32)[C@H]1O[Si](C)(C)C(C)(C)C)N(C(C)C)C(C)C. The second kappa shape index (κ2) is 24.2. The van der Waals surface area contributed by atoms with E-state index in [0.29, 0.717) is 23.3 Å². The van der Waals surface area contributed by atoms with Crippen molar-refractivity contribution in [2.45, 2.75) is 122 Å². The van der Waals surface area contributed by atoms with Crippen LogP contribution in [0, 0.1) is 13.5 Å². The lowest BCUT2D eigenvalue weighted by Gasteiger charge is -2.43. The fourth-order valence-corrected chi connectivity index (χ4v) is 12.3. The number of aromatic nitrogens is 4. The van der Waals surface area contributed by atoms with E-state index in [9.17, 15) is 4.79 Å². The molecule has 1 amide bonds. The third kappa shape index (κ3) is 12.6. The Balaban J connectivity index is 0.000000714. The molecule has 0 bridgehead atoms. The van der Waals surface area contributed by atoms with E-state index in [2.05, 4.69) is 154 Å². The first-order valence-corrected chi connectivity index (χ1v) is 28.5. The van der Waals surface area contributed by atoms with Crippen LogP contribution in [-0.2, 0) is 24.0 Å². The van der Waals surface area contributed by atoms with Crippen LogP contribution in [0.25, 0.3) is 16.0 Å². The number of hydrogen-bond donors (Lipinski definition) is 1. The Morgan fingerprint density at radius 3 is 2.06 bits per heavy atom. The number of hydrogen-bond acceptors (Lipinski definition) is 10. The van der Waals surface area contributed by atoms with E-state index in [1.165, 1.54) is 6.33 Å². The van der Waals surface area contributed by atoms with Crippen LogP contribution >= 0.6 is 8.30 Å². The standard InChI is InChI=1S/C47H63N6O5PSi.C8H9NO/c1-33(2)53(34(3)4)59(28-16-27-48-9)57-42-41(56-45(43(42)58-60(11,12)46(6,7)8)52-32-51-40-29-49-31-50-44(40)52)30-55-47(36-17-14-13-15-18-36,37-21-19-35(5)20-22-37)38-23-25-39(54-10)26-24-38;1-9-8(10)7-5-3-2-4-6-7/h13-15,17-26,29,31-34,41-43,45H,16,27-28,30H2,1-8,10-12H3;2-6H,1H3,(H,9,10)/t41-,42?,43+,45-,47?,59?;/m1./s1. The number of amides is 1. The molecule has 0 aliphatic carbocycles. The van der Waals surface area contributed by atoms with Gasteiger partial charge in [0.25, 0.3) is 5.91 Å². The van der Waals surface area contributed by atoms with Crippen LogP contribution in [0.3, 0.4) is 0 Å². The molecule has 13 nitrogen and oxygen atoms in total. The molecule has 70 heavy (non-hydrogen) atoms. The molecular formula is C55H72N7O6PSi. The molecule has 372 valence electrons. The highest BCUT2D eigenvalue weighted by Crippen LogP contribution is 2.52. The molecule has 1 fully saturated rings. The van der Waals surface area contributed by atoms with Crippen molar-refractivity contribution in [3.63, 3.8) is 0 Å². The van der Waals surface area contributed by atoms with Gasteiger partial charge in [-0.05, 0) is 93.7 Å². The molecule has 1 saturated heterocycles. The average Bonchev–Trinajstić information content (AvgIpc) is 3.92. The summed E-state index contributed by atoms with van der Waals surface area (Å²) in [6, 6.07) is 36.6. The zero-order chi connectivity index (χ0) is 50.6. The fourth-order valence-electron chi connectivity index (χ4n) is 8.54. The van der Waals surface area contributed by atoms with Crippen molar-refractivity contribution in [2.24, 2.45) is 0 Å². The Morgan fingerprint density at radius 2 is 1.49 bits per heavy atom. The predicted molar refractivity (Wildman–Crippen MR) is 282 cm³/mol. The number of ether oxygens (including phenoxy) is 3. The molecule has 3 heterocycles. The van der Waals surface area contributed by atoms with E-state index in [4.69, 9.17) is 34.7 Å². The second-order valence-electron chi connectivity index (χ2n) is 19.6. The third-order valence-electron chi connectivity index (χ3n) is 13.1. The number of rotatable bonds is 19. The van der Waals surface area contributed by atoms with E-state index in [1.54, 1.807) is 38.8 Å². The summed E-state index contributed by atoms with van der Waals surface area (Å²) in [5.41, 5.74) is 5.03. The fraction of sp³-hybridized carbons (Fsp3) is 0.436. The lowest BCUT2D eigenvalue weighted by Crippen LogP contribution is -2.50. The Bertz CT molecular complexity index is 2600. The zero-order valence-electron chi connectivity index (χ0n) is 43.0. The first kappa shape index (κ1) is 54.0. The van der Waals surface area contributed by atoms with Gasteiger partial charge in [-0.15, -0.1) is 0 Å². The predicted octanol–water partition coefficient (Wildman–Crippen LogP) is 11.6. The third-order valence-corrected chi connectivity index (χ3v) is 20.2. The maximum absolute atomic E-state index is 10.9. The molecule has 0 radical (unpaired) electrons. The van der Waals surface area contributed by atoms with Gasteiger partial charge >= 0.3 is 0 Å². The minimum atomic E-state index is -2.47. The lowest BCUT2D eigenvalue weighted by atomic mass is 9.79. The molecule has 1 N–H and O–H groups in total. The molecule has 6 atom stereocenters. The Kier molecular flexibility index (Phi) is 18.6. The van der Waals surface area contributed by atoms with Gasteiger partial charge in [-0.2, -0.15) is 0 Å². The van der Waals surface area contributed by atoms with Crippen molar-refractivity contribution in [1.29, 1.82) is 0 Å². The second-order valence-corrected chi connectivity index (χ2v) is 26.2. The molecule has 7 rings (SSSR count). The zero-order valence-corrected chi connectivity index (χ0v) is 44.9. The molecule has 6 aromatic rings. The largest absolute Gasteiger partial charge is 0.497 e. The van der Waals surface area contributed by atoms with Crippen LogP contribution in [0.2, 0.25) is 18.1 Å². The number of aryl methyl sites for hydroxylation is 1. The van der Waals surface area contributed by atoms with E-state index < -0.39 is 46.8 Å². The van der Waals surface area contributed by atoms with Gasteiger partial charge in [0.15, 0.2) is 20.2 Å². The number of fused-ring (bicyclic) bond motifs is 1. The van der Waals surface area contributed by atoms with Gasteiger partial charge in [-0.3, -0.25) is 14.0 Å². The number of methoxy groups -OCH3 is 1. The van der Waals surface area contributed by atoms with Crippen molar-refractivity contribution in [1.82, 2.24) is 29.5 Å². The minimum absolute atomic E-state index is 0.0411. The van der Waals surface area contributed by atoms with Gasteiger partial charge in [-0.1, -0.05) is 111 Å². The van der Waals surface area contributed by atoms with Gasteiger partial charge < -0.3 is 33.3 Å². The Morgan fingerprint density at radius 1 is 0.886 bits per heavy atom. The summed E-state index contributed by atoms with van der Waals surface area (Å²) in [4.78, 5) is 28.3. The quantitative estimate of drug-likeness (QED) is 0.0276. The summed E-state index contributed by atoms with van der Waals surface area (Å²) in [5.74, 6) is 0.717. The molecule has 2 aromatic heterocycles. The van der Waals surface area contributed by atoms with Gasteiger partial charge in [0.1, 0.15) is 49.8 Å². The Hall–Kier alpha value is -5.36. The van der Waals surface area contributed by atoms with E-state index in [1.807, 2.05) is 41.0 Å². The first-order valence-electron chi connectivity index (χ1n) is 24.2. The van der Waals surface area contributed by atoms with Gasteiger partial charge in [0, 0.05) is 37.3 Å². The molecule has 3 unspecified atom stereocenters. The summed E-state index contributed by atoms with van der Waals surface area (Å²) < 4.78 is 40.0. The van der Waals surface area contributed by atoms with Crippen molar-refractivity contribution >= 4 is 33.7 Å². The van der Waals surface area contributed by atoms with Crippen LogP contribution in [0.15, 0.2) is 128 Å². The molecule has 0 spiro atoms. The van der Waals surface area contributed by atoms with Crippen LogP contribution in [0.4, 0.5) is 0 Å². The first-order chi connectivity index (χ1) is 33.4. The molecule has 0 saturated carbocycles. The number of carbonyl (C=O) groups is 1. The molecule has 4 aromatic carbocycles. The van der Waals surface area contributed by atoms with Crippen LogP contribution < -0.4 is 10.1 Å². The smallest absolute Gasteiger partial charge is 0.251 e. The highest BCUT2D eigenvalue weighted by Gasteiger charge is 2.54. The van der Waals surface area contributed by atoms with Crippen molar-refractivity contribution in [3.05, 3.63) is 167 Å². The summed E-state index contributed by atoms with van der Waals surface area (Å²) in [6.07, 6.45) is 4.14. The van der Waals surface area contributed by atoms with Crippen molar-refractivity contribution < 1.29 is 28.0 Å². The van der Waals surface area contributed by atoms with Gasteiger partial charge in [-0.25, -0.2) is 21.5 Å². The number of nitrogens with one attached hydrogen (secondary N) is 1. The number of imidazole rings is 1. The topological polar surface area (TPSA) is 126 Å². The van der Waals surface area contributed by atoms with Gasteiger partial charge in [0.05, 0.1) is 26.2 Å². The van der Waals surface area contributed by atoms with Crippen LogP contribution in [0.1, 0.15) is 93.7 Å². The monoisotopic (exact) mass is 986 g/mol. The average molecular weight is 986 g/mol. The van der Waals surface area contributed by atoms with Gasteiger partial charge in [0.2, 0.25) is 6.54 Å². The summed E-state index contributed by atoms with van der Waals surface area (Å²) in [5, 5.41) is 2.43. The van der Waals surface area contributed by atoms with E-state index in [0.717, 1.165) is 40.6 Å². The van der Waals surface area contributed by atoms with Crippen LogP contribution in [0.5, 0.6) is 5.75 Å². The summed E-state index contributed by atoms with van der Waals surface area (Å²) in [7, 11) is -0.388. The molecule has 1 aliphatic rings. The lowest BCUT2D eigenvalue weighted by molar-refractivity contribution is -0.0918. The number of carbonyl (C=O) groups excluding carboxylic acids is 1. The highest BCUT2D eigenvalue weighted by atomic mass is 31.2. The minimum Gasteiger partial charge on any atom is -0.497 e. The maximum atomic E-state index is 10.9. The van der Waals surface area contributed by atoms with Crippen molar-refractivity contribution in [2.75, 3.05) is 33.5 Å².